The highest BCUT2D eigenvalue weighted by atomic mass is 15.2. The van der Waals surface area contributed by atoms with Gasteiger partial charge in [-0.15, -0.1) is 0 Å². The fraction of sp³-hybridized carbons (Fsp3) is 0.208. The minimum atomic E-state index is -0.189. The first-order valence-corrected chi connectivity index (χ1v) is 9.08. The molecule has 3 rings (SSSR count). The molecule has 136 valence electrons. The summed E-state index contributed by atoms with van der Waals surface area (Å²) in [4.78, 5) is 2.06. The zero-order valence-electron chi connectivity index (χ0n) is 16.0. The van der Waals surface area contributed by atoms with E-state index in [2.05, 4.69) is 24.8 Å². The van der Waals surface area contributed by atoms with Crippen LogP contribution in [0.1, 0.15) is 26.7 Å². The molecule has 0 amide bonds. The van der Waals surface area contributed by atoms with Crippen molar-refractivity contribution in [1.82, 2.24) is 0 Å². The number of rotatable bonds is 3. The predicted octanol–water partition coefficient (Wildman–Crippen LogP) is 5.77. The molecule has 2 aromatic carbocycles. The fourth-order valence-corrected chi connectivity index (χ4v) is 3.66. The molecule has 0 heterocycles. The predicted molar refractivity (Wildman–Crippen MR) is 109 cm³/mol. The Hall–Kier alpha value is -3.81. The van der Waals surface area contributed by atoms with Crippen molar-refractivity contribution in [1.29, 1.82) is 15.8 Å². The smallest absolute Gasteiger partial charge is 0.134 e. The van der Waals surface area contributed by atoms with E-state index in [1.165, 1.54) is 0 Å². The lowest BCUT2D eigenvalue weighted by Crippen LogP contribution is -2.29. The molecule has 0 saturated heterocycles. The molecule has 0 unspecified atom stereocenters. The van der Waals surface area contributed by atoms with Gasteiger partial charge in [-0.05, 0) is 42.5 Å². The molecule has 0 aromatic heterocycles. The Kier molecular flexibility index (Phi) is 5.30. The molecule has 0 bridgehead atoms. The highest BCUT2D eigenvalue weighted by Crippen LogP contribution is 2.46. The highest BCUT2D eigenvalue weighted by Gasteiger charge is 2.35. The van der Waals surface area contributed by atoms with Gasteiger partial charge in [0.25, 0.3) is 0 Å². The number of nitrogens with zero attached hydrogens (tertiary/aromatic N) is 4. The number of benzene rings is 2. The van der Waals surface area contributed by atoms with Crippen molar-refractivity contribution < 1.29 is 0 Å². The Morgan fingerprint density at radius 1 is 0.821 bits per heavy atom. The Morgan fingerprint density at radius 2 is 1.32 bits per heavy atom. The van der Waals surface area contributed by atoms with Crippen molar-refractivity contribution in [2.45, 2.75) is 26.7 Å². The summed E-state index contributed by atoms with van der Waals surface area (Å²) in [5.41, 5.74) is 3.47. The minimum absolute atomic E-state index is 0.0166. The van der Waals surface area contributed by atoms with Crippen LogP contribution < -0.4 is 4.90 Å². The number of hydrogen-bond donors (Lipinski definition) is 0. The van der Waals surface area contributed by atoms with Crippen LogP contribution in [0.25, 0.3) is 0 Å². The van der Waals surface area contributed by atoms with Crippen LogP contribution in [0.15, 0.2) is 83.1 Å². The van der Waals surface area contributed by atoms with E-state index in [0.717, 1.165) is 17.1 Å². The maximum absolute atomic E-state index is 10.00. The quantitative estimate of drug-likeness (QED) is 0.648. The fourth-order valence-electron chi connectivity index (χ4n) is 3.66. The second kappa shape index (κ2) is 7.83. The van der Waals surface area contributed by atoms with E-state index in [1.54, 1.807) is 0 Å². The number of hydrogen-bond acceptors (Lipinski definition) is 4. The molecule has 0 radical (unpaired) electrons. The number of allylic oxidation sites excluding steroid dienone is 4. The van der Waals surface area contributed by atoms with Crippen LogP contribution in [-0.2, 0) is 0 Å². The summed E-state index contributed by atoms with van der Waals surface area (Å²) in [6.45, 7) is 4.20. The summed E-state index contributed by atoms with van der Waals surface area (Å²) in [6.07, 6.45) is 1.18. The van der Waals surface area contributed by atoms with E-state index >= 15 is 0 Å². The summed E-state index contributed by atoms with van der Waals surface area (Å²) in [5, 5.41) is 28.9. The molecule has 0 fully saturated rings. The van der Waals surface area contributed by atoms with Gasteiger partial charge < -0.3 is 4.90 Å². The van der Waals surface area contributed by atoms with Gasteiger partial charge in [0.15, 0.2) is 0 Å². The van der Waals surface area contributed by atoms with Gasteiger partial charge in [-0.2, -0.15) is 15.8 Å². The summed E-state index contributed by atoms with van der Waals surface area (Å²) in [6, 6.07) is 26.0. The number of anilines is 2. The first-order chi connectivity index (χ1) is 13.5. The lowest BCUT2D eigenvalue weighted by Gasteiger charge is -2.38. The lowest BCUT2D eigenvalue weighted by molar-refractivity contribution is 0.346. The van der Waals surface area contributed by atoms with Crippen LogP contribution >= 0.6 is 0 Å². The molecule has 1 aliphatic carbocycles. The summed E-state index contributed by atoms with van der Waals surface area (Å²) in [7, 11) is 0. The van der Waals surface area contributed by atoms with Gasteiger partial charge in [0.1, 0.15) is 23.8 Å². The van der Waals surface area contributed by atoms with Crippen molar-refractivity contribution in [3.8, 4) is 18.2 Å². The van der Waals surface area contributed by atoms with Crippen LogP contribution in [0.2, 0.25) is 0 Å². The maximum Gasteiger partial charge on any atom is 0.134 e. The molecule has 0 N–H and O–H groups in total. The van der Waals surface area contributed by atoms with Crippen molar-refractivity contribution in [3.05, 3.63) is 83.1 Å². The highest BCUT2D eigenvalue weighted by molar-refractivity contribution is 5.72. The van der Waals surface area contributed by atoms with E-state index < -0.39 is 0 Å². The topological polar surface area (TPSA) is 74.6 Å². The van der Waals surface area contributed by atoms with Crippen molar-refractivity contribution in [3.63, 3.8) is 0 Å². The van der Waals surface area contributed by atoms with Gasteiger partial charge >= 0.3 is 0 Å². The van der Waals surface area contributed by atoms with Gasteiger partial charge in [0.2, 0.25) is 0 Å². The van der Waals surface area contributed by atoms with Crippen molar-refractivity contribution in [2.75, 3.05) is 4.90 Å². The average Bonchev–Trinajstić information content (AvgIpc) is 2.70. The number of nitriles is 3. The molecule has 4 heteroatoms. The van der Waals surface area contributed by atoms with E-state index in [-0.39, 0.29) is 11.0 Å². The van der Waals surface area contributed by atoms with Gasteiger partial charge in [-0.25, -0.2) is 0 Å². The van der Waals surface area contributed by atoms with E-state index in [9.17, 15) is 15.8 Å². The standard InChI is InChI=1S/C24H20N4/c1-24(2)13-21(18(15-25)16-26)22(17-27)23(14-24)28(19-9-5-3-6-10-19)20-11-7-4-8-12-20/h3-12H,13-14H2,1-2H3. The third kappa shape index (κ3) is 3.66. The Balaban J connectivity index is 2.34. The van der Waals surface area contributed by atoms with E-state index in [4.69, 9.17) is 0 Å². The van der Waals surface area contributed by atoms with E-state index in [1.807, 2.05) is 72.8 Å². The van der Waals surface area contributed by atoms with Crippen molar-refractivity contribution in [2.24, 2.45) is 5.41 Å². The van der Waals surface area contributed by atoms with Crippen LogP contribution in [-0.4, -0.2) is 0 Å². The van der Waals surface area contributed by atoms with Gasteiger partial charge in [0.05, 0.1) is 5.57 Å². The minimum Gasteiger partial charge on any atom is -0.313 e. The zero-order valence-corrected chi connectivity index (χ0v) is 16.0. The second-order valence-corrected chi connectivity index (χ2v) is 7.53. The molecule has 0 saturated carbocycles. The first-order valence-electron chi connectivity index (χ1n) is 9.08. The maximum atomic E-state index is 10.00. The normalized spacial score (nSPS) is 15.2. The Labute approximate surface area is 165 Å². The summed E-state index contributed by atoms with van der Waals surface area (Å²) in [5.74, 6) is 0. The number of para-hydroxylation sites is 2. The Morgan fingerprint density at radius 3 is 1.75 bits per heavy atom. The summed E-state index contributed by atoms with van der Waals surface area (Å²) < 4.78 is 0. The van der Waals surface area contributed by atoms with E-state index in [0.29, 0.717) is 24.0 Å². The largest absolute Gasteiger partial charge is 0.313 e. The lowest BCUT2D eigenvalue weighted by atomic mass is 9.72. The Bertz CT molecular complexity index is 1000. The molecule has 2 aromatic rings. The molecular weight excluding hydrogens is 344 g/mol. The van der Waals surface area contributed by atoms with Crippen LogP contribution in [0.5, 0.6) is 0 Å². The average molecular weight is 364 g/mol. The van der Waals surface area contributed by atoms with Crippen LogP contribution in [0, 0.1) is 39.4 Å². The molecule has 4 nitrogen and oxygen atoms in total. The van der Waals surface area contributed by atoms with Crippen LogP contribution in [0.3, 0.4) is 0 Å². The molecular formula is C24H20N4. The monoisotopic (exact) mass is 364 g/mol. The van der Waals surface area contributed by atoms with Crippen molar-refractivity contribution >= 4 is 11.4 Å². The third-order valence-corrected chi connectivity index (χ3v) is 4.83. The SMILES string of the molecule is CC1(C)CC(=C(C#N)C#N)C(C#N)=C(N(c2ccccc2)c2ccccc2)C1. The van der Waals surface area contributed by atoms with Gasteiger partial charge in [-0.3, -0.25) is 0 Å². The van der Waals surface area contributed by atoms with Gasteiger partial charge in [0, 0.05) is 22.6 Å². The molecule has 0 aliphatic heterocycles. The molecule has 0 spiro atoms. The molecule has 1 aliphatic rings. The van der Waals surface area contributed by atoms with Crippen LogP contribution in [0.4, 0.5) is 11.4 Å². The zero-order chi connectivity index (χ0) is 20.1. The second-order valence-electron chi connectivity index (χ2n) is 7.53. The molecule has 0 atom stereocenters. The summed E-state index contributed by atoms with van der Waals surface area (Å²) >= 11 is 0. The first kappa shape index (κ1) is 19.0. The van der Waals surface area contributed by atoms with Gasteiger partial charge in [-0.1, -0.05) is 50.2 Å². The molecule has 28 heavy (non-hydrogen) atoms. The third-order valence-electron chi connectivity index (χ3n) is 4.83.